The minimum Gasteiger partial charge on any atom is -0.396 e. The van der Waals surface area contributed by atoms with Crippen LogP contribution in [-0.4, -0.2) is 32.5 Å². The van der Waals surface area contributed by atoms with E-state index in [2.05, 4.69) is 5.10 Å². The summed E-state index contributed by atoms with van der Waals surface area (Å²) in [6, 6.07) is 22.1. The molecule has 7 heteroatoms. The minimum atomic E-state index is -1.68. The molecule has 1 aliphatic rings. The fourth-order valence-corrected chi connectivity index (χ4v) is 4.75. The molecule has 3 aromatic carbocycles. The van der Waals surface area contributed by atoms with Gasteiger partial charge >= 0.3 is 0 Å². The van der Waals surface area contributed by atoms with Gasteiger partial charge in [-0.1, -0.05) is 61.5 Å². The molecule has 5 rings (SSSR count). The number of aliphatic hydroxyl groups is 2. The molecule has 0 bridgehead atoms. The van der Waals surface area contributed by atoms with Gasteiger partial charge in [0.2, 0.25) is 0 Å². The molecule has 1 aliphatic heterocycles. The maximum Gasteiger partial charge on any atom is 0.279 e. The van der Waals surface area contributed by atoms with E-state index in [1.54, 1.807) is 36.1 Å². The maximum absolute atomic E-state index is 13.5. The molecular formula is C28H27N3O4. The van der Waals surface area contributed by atoms with Gasteiger partial charge in [0.1, 0.15) is 0 Å². The average Bonchev–Trinajstić information content (AvgIpc) is 3.33. The summed E-state index contributed by atoms with van der Waals surface area (Å²) in [7, 11) is 0. The topological polar surface area (TPSA) is 98.6 Å². The van der Waals surface area contributed by atoms with Crippen LogP contribution in [0, 0.1) is 5.92 Å². The van der Waals surface area contributed by atoms with E-state index in [1.807, 2.05) is 60.7 Å². The van der Waals surface area contributed by atoms with Crippen LogP contribution in [0.15, 0.2) is 89.7 Å². The van der Waals surface area contributed by atoms with Crippen LogP contribution in [0.3, 0.4) is 0 Å². The van der Waals surface area contributed by atoms with E-state index in [0.29, 0.717) is 28.7 Å². The Morgan fingerprint density at radius 2 is 1.71 bits per heavy atom. The van der Waals surface area contributed by atoms with Gasteiger partial charge in [0.25, 0.3) is 11.5 Å². The van der Waals surface area contributed by atoms with Crippen LogP contribution >= 0.6 is 0 Å². The van der Waals surface area contributed by atoms with Crippen molar-refractivity contribution in [3.63, 3.8) is 0 Å². The largest absolute Gasteiger partial charge is 0.396 e. The zero-order valence-corrected chi connectivity index (χ0v) is 19.4. The SMILES string of the molecule is C[C@@H](/C=C/CCO)[C@]1(O)C(=O)N(Cc2ccc(-n3[nH]c4ccccc4c3=O)cc2)c2ccccc21. The third-order valence-electron chi connectivity index (χ3n) is 6.68. The quantitative estimate of drug-likeness (QED) is 0.360. The highest BCUT2D eigenvalue weighted by atomic mass is 16.3. The summed E-state index contributed by atoms with van der Waals surface area (Å²) < 4.78 is 1.50. The lowest BCUT2D eigenvalue weighted by atomic mass is 9.83. The molecule has 3 N–H and O–H groups in total. The third-order valence-corrected chi connectivity index (χ3v) is 6.68. The minimum absolute atomic E-state index is 0.0128. The van der Waals surface area contributed by atoms with Crippen molar-refractivity contribution >= 4 is 22.5 Å². The van der Waals surface area contributed by atoms with Crippen LogP contribution in [0.1, 0.15) is 24.5 Å². The number of hydrogen-bond acceptors (Lipinski definition) is 4. The number of hydrogen-bond donors (Lipinski definition) is 3. The van der Waals surface area contributed by atoms with E-state index in [1.165, 1.54) is 4.68 Å². The zero-order chi connectivity index (χ0) is 24.6. The van der Waals surface area contributed by atoms with Gasteiger partial charge in [-0.15, -0.1) is 0 Å². The molecule has 0 spiro atoms. The summed E-state index contributed by atoms with van der Waals surface area (Å²) in [5.41, 5.74) is 1.79. The number of anilines is 1. The molecule has 0 aliphatic carbocycles. The predicted molar refractivity (Wildman–Crippen MR) is 135 cm³/mol. The van der Waals surface area contributed by atoms with Crippen LogP contribution in [-0.2, 0) is 16.9 Å². The molecular weight excluding hydrogens is 442 g/mol. The van der Waals surface area contributed by atoms with Gasteiger partial charge in [-0.3, -0.25) is 14.7 Å². The van der Waals surface area contributed by atoms with Crippen molar-refractivity contribution in [2.75, 3.05) is 11.5 Å². The fourth-order valence-electron chi connectivity index (χ4n) is 4.75. The Morgan fingerprint density at radius 3 is 2.46 bits per heavy atom. The van der Waals surface area contributed by atoms with Crippen LogP contribution in [0.4, 0.5) is 5.69 Å². The Balaban J connectivity index is 1.43. The number of H-pyrrole nitrogens is 1. The highest BCUT2D eigenvalue weighted by Crippen LogP contribution is 2.45. The van der Waals surface area contributed by atoms with Gasteiger partial charge in [0.15, 0.2) is 5.60 Å². The molecule has 178 valence electrons. The fraction of sp³-hybridized carbons (Fsp3) is 0.214. The first-order chi connectivity index (χ1) is 16.9. The maximum atomic E-state index is 13.5. The molecule has 2 heterocycles. The molecule has 0 saturated heterocycles. The first kappa shape index (κ1) is 22.8. The number of aromatic amines is 1. The Labute approximate surface area is 202 Å². The van der Waals surface area contributed by atoms with Crippen LogP contribution in [0.25, 0.3) is 16.6 Å². The number of carbonyl (C=O) groups is 1. The lowest BCUT2D eigenvalue weighted by molar-refractivity contribution is -0.139. The Hall–Kier alpha value is -3.94. The molecule has 0 fully saturated rings. The Kier molecular flexibility index (Phi) is 5.88. The number of aliphatic hydroxyl groups excluding tert-OH is 1. The van der Waals surface area contributed by atoms with Crippen molar-refractivity contribution < 1.29 is 15.0 Å². The summed E-state index contributed by atoms with van der Waals surface area (Å²) in [5.74, 6) is -0.847. The third kappa shape index (κ3) is 3.79. The van der Waals surface area contributed by atoms with Crippen molar-refractivity contribution in [2.24, 2.45) is 5.92 Å². The second-order valence-corrected chi connectivity index (χ2v) is 8.87. The summed E-state index contributed by atoms with van der Waals surface area (Å²) in [5, 5.41) is 24.4. The van der Waals surface area contributed by atoms with Crippen LogP contribution in [0.2, 0.25) is 0 Å². The lowest BCUT2D eigenvalue weighted by Gasteiger charge is -2.27. The lowest BCUT2D eigenvalue weighted by Crippen LogP contribution is -2.44. The summed E-state index contributed by atoms with van der Waals surface area (Å²) in [6.07, 6.45) is 4.03. The van der Waals surface area contributed by atoms with Crippen molar-refractivity contribution in [3.8, 4) is 5.69 Å². The monoisotopic (exact) mass is 469 g/mol. The predicted octanol–water partition coefficient (Wildman–Crippen LogP) is 3.63. The molecule has 4 aromatic rings. The second-order valence-electron chi connectivity index (χ2n) is 8.87. The first-order valence-corrected chi connectivity index (χ1v) is 11.7. The van der Waals surface area contributed by atoms with Crippen molar-refractivity contribution in [1.82, 2.24) is 9.78 Å². The summed E-state index contributed by atoms with van der Waals surface area (Å²) >= 11 is 0. The highest BCUT2D eigenvalue weighted by molar-refractivity contribution is 6.07. The van der Waals surface area contributed by atoms with Crippen molar-refractivity contribution in [2.45, 2.75) is 25.5 Å². The van der Waals surface area contributed by atoms with Gasteiger partial charge in [-0.2, -0.15) is 0 Å². The van der Waals surface area contributed by atoms with E-state index < -0.39 is 11.5 Å². The van der Waals surface area contributed by atoms with Gasteiger partial charge < -0.3 is 15.1 Å². The number of nitrogens with one attached hydrogen (secondary N) is 1. The number of para-hydroxylation sites is 2. The van der Waals surface area contributed by atoms with Gasteiger partial charge in [0.05, 0.1) is 28.8 Å². The molecule has 7 nitrogen and oxygen atoms in total. The van der Waals surface area contributed by atoms with E-state index >= 15 is 0 Å². The molecule has 1 amide bonds. The Bertz CT molecular complexity index is 1470. The van der Waals surface area contributed by atoms with E-state index in [-0.39, 0.29) is 24.6 Å². The number of benzene rings is 3. The highest BCUT2D eigenvalue weighted by Gasteiger charge is 2.52. The average molecular weight is 470 g/mol. The molecule has 1 aromatic heterocycles. The molecule has 35 heavy (non-hydrogen) atoms. The normalized spacial score (nSPS) is 18.5. The molecule has 0 radical (unpaired) electrons. The first-order valence-electron chi connectivity index (χ1n) is 11.7. The summed E-state index contributed by atoms with van der Waals surface area (Å²) in [6.45, 7) is 2.10. The number of fused-ring (bicyclic) bond motifs is 2. The molecule has 0 saturated carbocycles. The van der Waals surface area contributed by atoms with E-state index in [4.69, 9.17) is 5.11 Å². The second kappa shape index (κ2) is 9.02. The van der Waals surface area contributed by atoms with Gasteiger partial charge in [0, 0.05) is 18.1 Å². The number of rotatable bonds is 7. The van der Waals surface area contributed by atoms with Gasteiger partial charge in [-0.25, -0.2) is 4.68 Å². The smallest absolute Gasteiger partial charge is 0.279 e. The van der Waals surface area contributed by atoms with E-state index in [0.717, 1.165) is 11.1 Å². The molecule has 0 unspecified atom stereocenters. The van der Waals surface area contributed by atoms with Gasteiger partial charge in [-0.05, 0) is 42.3 Å². The van der Waals surface area contributed by atoms with Crippen molar-refractivity contribution in [3.05, 3.63) is 106 Å². The van der Waals surface area contributed by atoms with Crippen molar-refractivity contribution in [1.29, 1.82) is 0 Å². The number of carbonyl (C=O) groups excluding carboxylic acids is 1. The van der Waals surface area contributed by atoms with Crippen LogP contribution < -0.4 is 10.5 Å². The number of aromatic nitrogens is 2. The standard InChI is InChI=1S/C28H27N3O4/c1-19(8-6-7-17-32)28(35)23-10-3-5-12-25(23)30(27(28)34)18-20-13-15-21(16-14-20)31-26(33)22-9-2-4-11-24(22)29-31/h2-6,8-16,19,29,32,35H,7,17-18H2,1H3/b8-6+/t19-,28+/m0/s1. The number of nitrogens with zero attached hydrogens (tertiary/aromatic N) is 2. The Morgan fingerprint density at radius 1 is 1.00 bits per heavy atom. The number of amides is 1. The van der Waals surface area contributed by atoms with E-state index in [9.17, 15) is 14.7 Å². The summed E-state index contributed by atoms with van der Waals surface area (Å²) in [4.78, 5) is 27.9. The molecule has 2 atom stereocenters. The zero-order valence-electron chi connectivity index (χ0n) is 19.4. The van der Waals surface area contributed by atoms with Crippen LogP contribution in [0.5, 0.6) is 0 Å².